The van der Waals surface area contributed by atoms with Crippen LogP contribution in [0.5, 0.6) is 11.5 Å². The molecule has 2 N–H and O–H groups in total. The summed E-state index contributed by atoms with van der Waals surface area (Å²) in [6, 6.07) is 10.3. The highest BCUT2D eigenvalue weighted by atomic mass is 35.5. The second kappa shape index (κ2) is 8.97. The van der Waals surface area contributed by atoms with Crippen molar-refractivity contribution in [3.8, 4) is 11.5 Å². The van der Waals surface area contributed by atoms with Crippen LogP contribution in [0.1, 0.15) is 27.2 Å². The van der Waals surface area contributed by atoms with E-state index in [4.69, 9.17) is 16.3 Å². The van der Waals surface area contributed by atoms with Gasteiger partial charge in [-0.3, -0.25) is 9.78 Å². The zero-order valence-electron chi connectivity index (χ0n) is 17.4. The van der Waals surface area contributed by atoms with Crippen molar-refractivity contribution in [3.05, 3.63) is 81.9 Å². The van der Waals surface area contributed by atoms with Gasteiger partial charge >= 0.3 is 0 Å². The topological polar surface area (TPSA) is 109 Å². The number of sulfonamides is 1. The Labute approximate surface area is 194 Å². The number of hydrogen-bond donors (Lipinski definition) is 2. The number of phenolic OH excluding ortho intramolecular Hbond substituents is 1. The van der Waals surface area contributed by atoms with Crippen LogP contribution in [0.2, 0.25) is 5.02 Å². The summed E-state index contributed by atoms with van der Waals surface area (Å²) in [5.41, 5.74) is 1.04. The first kappa shape index (κ1) is 23.0. The summed E-state index contributed by atoms with van der Waals surface area (Å²) >= 11 is 5.83. The predicted octanol–water partition coefficient (Wildman–Crippen LogP) is 3.22. The molecule has 1 aromatic heterocycles. The summed E-state index contributed by atoms with van der Waals surface area (Å²) in [4.78, 5) is 18.3. The molecule has 33 heavy (non-hydrogen) atoms. The molecule has 0 unspecified atom stereocenters. The molecule has 4 rings (SSSR count). The molecule has 172 valence electrons. The fourth-order valence-corrected chi connectivity index (χ4v) is 5.05. The molecular weight excluding hydrogens is 473 g/mol. The number of rotatable bonds is 7. The Morgan fingerprint density at radius 1 is 1.27 bits per heavy atom. The van der Waals surface area contributed by atoms with Crippen molar-refractivity contribution in [1.82, 2.24) is 14.6 Å². The SMILES string of the molecule is COc1cc(S(=O)(=O)NCc2ccccn2)c2c(c1O)C(=O)N(Cc1ccc(F)c(Cl)c1)C2. The molecule has 3 aromatic rings. The number of aromatic nitrogens is 1. The number of ether oxygens (including phenoxy) is 1. The van der Waals surface area contributed by atoms with E-state index in [1.54, 1.807) is 24.4 Å². The number of nitrogens with one attached hydrogen (secondary N) is 1. The number of amides is 1. The molecule has 0 spiro atoms. The number of hydrogen-bond acceptors (Lipinski definition) is 6. The van der Waals surface area contributed by atoms with Crippen LogP contribution in [0.3, 0.4) is 0 Å². The quantitative estimate of drug-likeness (QED) is 0.525. The van der Waals surface area contributed by atoms with E-state index in [1.807, 2.05) is 0 Å². The van der Waals surface area contributed by atoms with Crippen molar-refractivity contribution in [2.45, 2.75) is 24.5 Å². The second-order valence-corrected chi connectivity index (χ2v) is 9.48. The molecule has 0 atom stereocenters. The molecule has 8 nitrogen and oxygen atoms in total. The van der Waals surface area contributed by atoms with Gasteiger partial charge in [-0.05, 0) is 29.8 Å². The highest BCUT2D eigenvalue weighted by Crippen LogP contribution is 2.42. The molecule has 0 bridgehead atoms. The predicted molar refractivity (Wildman–Crippen MR) is 118 cm³/mol. The van der Waals surface area contributed by atoms with Gasteiger partial charge in [0.15, 0.2) is 11.5 Å². The van der Waals surface area contributed by atoms with Crippen molar-refractivity contribution in [3.63, 3.8) is 0 Å². The van der Waals surface area contributed by atoms with Crippen LogP contribution in [0.4, 0.5) is 4.39 Å². The number of pyridine rings is 1. The van der Waals surface area contributed by atoms with Crippen LogP contribution in [0, 0.1) is 5.82 Å². The molecule has 1 aliphatic heterocycles. The minimum atomic E-state index is -4.10. The number of benzene rings is 2. The number of aromatic hydroxyl groups is 1. The summed E-state index contributed by atoms with van der Waals surface area (Å²) < 4.78 is 47.3. The third-order valence-electron chi connectivity index (χ3n) is 5.22. The van der Waals surface area contributed by atoms with Gasteiger partial charge in [-0.1, -0.05) is 23.7 Å². The number of halogens is 2. The highest BCUT2D eigenvalue weighted by molar-refractivity contribution is 7.89. The van der Waals surface area contributed by atoms with Crippen molar-refractivity contribution < 1.29 is 27.4 Å². The molecule has 1 aliphatic rings. The number of carbonyl (C=O) groups is 1. The van der Waals surface area contributed by atoms with Gasteiger partial charge in [0, 0.05) is 30.9 Å². The summed E-state index contributed by atoms with van der Waals surface area (Å²) in [5.74, 6) is -1.76. The van der Waals surface area contributed by atoms with E-state index in [1.165, 1.54) is 36.3 Å². The molecule has 0 aliphatic carbocycles. The lowest BCUT2D eigenvalue weighted by molar-refractivity contribution is 0.0764. The van der Waals surface area contributed by atoms with E-state index in [9.17, 15) is 22.7 Å². The third kappa shape index (κ3) is 4.50. The van der Waals surface area contributed by atoms with E-state index >= 15 is 0 Å². The summed E-state index contributed by atoms with van der Waals surface area (Å²) in [6.07, 6.45) is 1.54. The van der Waals surface area contributed by atoms with Gasteiger partial charge in [-0.25, -0.2) is 17.5 Å². The van der Waals surface area contributed by atoms with Gasteiger partial charge in [-0.15, -0.1) is 0 Å². The third-order valence-corrected chi connectivity index (χ3v) is 6.98. The normalized spacial score (nSPS) is 13.3. The molecule has 0 saturated heterocycles. The standard InChI is InChI=1S/C22H19ClFN3O5S/c1-32-18-9-19(33(30,31)26-10-14-4-2-3-7-25-14)15-12-27(22(29)20(15)21(18)28)11-13-5-6-17(24)16(23)8-13/h2-9,26,28H,10-12H2,1H3. The number of methoxy groups -OCH3 is 1. The van der Waals surface area contributed by atoms with Crippen LogP contribution in [0.15, 0.2) is 53.6 Å². The highest BCUT2D eigenvalue weighted by Gasteiger charge is 2.37. The van der Waals surface area contributed by atoms with Crippen LogP contribution in [-0.2, 0) is 29.7 Å². The van der Waals surface area contributed by atoms with Crippen molar-refractivity contribution in [2.24, 2.45) is 0 Å². The molecule has 0 radical (unpaired) electrons. The van der Waals surface area contributed by atoms with Gasteiger partial charge in [0.1, 0.15) is 5.82 Å². The minimum Gasteiger partial charge on any atom is -0.504 e. The van der Waals surface area contributed by atoms with Gasteiger partial charge in [0.25, 0.3) is 5.91 Å². The van der Waals surface area contributed by atoms with E-state index in [-0.39, 0.29) is 46.4 Å². The molecule has 0 fully saturated rings. The van der Waals surface area contributed by atoms with Gasteiger partial charge in [0.05, 0.1) is 34.8 Å². The Bertz CT molecular complexity index is 1340. The molecule has 2 heterocycles. The first-order valence-electron chi connectivity index (χ1n) is 9.77. The first-order valence-corrected chi connectivity index (χ1v) is 11.6. The maximum atomic E-state index is 13.5. The lowest BCUT2D eigenvalue weighted by Gasteiger charge is -2.16. The molecular formula is C22H19ClFN3O5S. The maximum absolute atomic E-state index is 13.5. The Morgan fingerprint density at radius 3 is 2.73 bits per heavy atom. The minimum absolute atomic E-state index is 0.0378. The van der Waals surface area contributed by atoms with Crippen LogP contribution in [0.25, 0.3) is 0 Å². The number of fused-ring (bicyclic) bond motifs is 1. The van der Waals surface area contributed by atoms with Crippen molar-refractivity contribution in [1.29, 1.82) is 0 Å². The lowest BCUT2D eigenvalue weighted by atomic mass is 10.1. The first-order chi connectivity index (χ1) is 15.7. The fraction of sp³-hybridized carbons (Fsp3) is 0.182. The lowest BCUT2D eigenvalue weighted by Crippen LogP contribution is -2.25. The Hall–Kier alpha value is -3.21. The van der Waals surface area contributed by atoms with Crippen molar-refractivity contribution in [2.75, 3.05) is 7.11 Å². The zero-order chi connectivity index (χ0) is 23.8. The van der Waals surface area contributed by atoms with Gasteiger partial charge < -0.3 is 14.7 Å². The number of phenols is 1. The van der Waals surface area contributed by atoms with Gasteiger partial charge in [0.2, 0.25) is 10.0 Å². The van der Waals surface area contributed by atoms with E-state index in [2.05, 4.69) is 9.71 Å². The summed E-state index contributed by atoms with van der Waals surface area (Å²) in [5, 5.41) is 10.5. The summed E-state index contributed by atoms with van der Waals surface area (Å²) in [6.45, 7) is -0.108. The Kier molecular flexibility index (Phi) is 6.24. The Balaban J connectivity index is 1.69. The molecule has 11 heteroatoms. The smallest absolute Gasteiger partial charge is 0.258 e. The average molecular weight is 492 g/mol. The van der Waals surface area contributed by atoms with Gasteiger partial charge in [-0.2, -0.15) is 0 Å². The zero-order valence-corrected chi connectivity index (χ0v) is 19.0. The van der Waals surface area contributed by atoms with E-state index < -0.39 is 27.5 Å². The molecule has 2 aromatic carbocycles. The largest absolute Gasteiger partial charge is 0.504 e. The van der Waals surface area contributed by atoms with E-state index in [0.717, 1.165) is 0 Å². The van der Waals surface area contributed by atoms with E-state index in [0.29, 0.717) is 11.3 Å². The molecule has 1 amide bonds. The fourth-order valence-electron chi connectivity index (χ4n) is 3.60. The van der Waals surface area contributed by atoms with Crippen LogP contribution >= 0.6 is 11.6 Å². The van der Waals surface area contributed by atoms with Crippen LogP contribution in [-0.4, -0.2) is 36.4 Å². The number of carbonyl (C=O) groups excluding carboxylic acids is 1. The Morgan fingerprint density at radius 2 is 2.06 bits per heavy atom. The second-order valence-electron chi connectivity index (χ2n) is 7.33. The number of nitrogens with zero attached hydrogens (tertiary/aromatic N) is 2. The van der Waals surface area contributed by atoms with Crippen LogP contribution < -0.4 is 9.46 Å². The van der Waals surface area contributed by atoms with Crippen molar-refractivity contribution >= 4 is 27.5 Å². The maximum Gasteiger partial charge on any atom is 0.258 e. The average Bonchev–Trinajstić information content (AvgIpc) is 3.12. The monoisotopic (exact) mass is 491 g/mol. The summed E-state index contributed by atoms with van der Waals surface area (Å²) in [7, 11) is -2.84. The molecule has 0 saturated carbocycles.